The Hall–Kier alpha value is -0.430. The Morgan fingerprint density at radius 1 is 1.38 bits per heavy atom. The average Bonchev–Trinajstić information content (AvgIpc) is 2.75. The minimum absolute atomic E-state index is 0.208. The van der Waals surface area contributed by atoms with Crippen LogP contribution >= 0.6 is 11.3 Å². The van der Waals surface area contributed by atoms with E-state index in [0.29, 0.717) is 13.0 Å². The molecule has 0 saturated carbocycles. The zero-order valence-corrected chi connectivity index (χ0v) is 11.0. The molecule has 0 fully saturated rings. The van der Waals surface area contributed by atoms with Gasteiger partial charge < -0.3 is 5.32 Å². The van der Waals surface area contributed by atoms with E-state index in [9.17, 15) is 8.42 Å². The van der Waals surface area contributed by atoms with Crippen molar-refractivity contribution in [3.63, 3.8) is 0 Å². The van der Waals surface area contributed by atoms with E-state index in [1.807, 2.05) is 24.6 Å². The Bertz CT molecular complexity index is 374. The molecule has 0 unspecified atom stereocenters. The minimum Gasteiger partial charge on any atom is -0.320 e. The maximum atomic E-state index is 11.6. The van der Waals surface area contributed by atoms with E-state index in [0.717, 1.165) is 17.8 Å². The zero-order valence-electron chi connectivity index (χ0n) is 9.40. The summed E-state index contributed by atoms with van der Waals surface area (Å²) in [4.78, 5) is 1.04. The average molecular weight is 262 g/mol. The summed E-state index contributed by atoms with van der Waals surface area (Å²) in [5.74, 6) is 0.208. The van der Waals surface area contributed by atoms with Crippen LogP contribution in [-0.2, 0) is 16.6 Å². The smallest absolute Gasteiger partial charge is 0.211 e. The molecule has 0 aliphatic carbocycles. The molecule has 0 atom stereocenters. The molecule has 4 nitrogen and oxygen atoms in total. The van der Waals surface area contributed by atoms with E-state index in [1.54, 1.807) is 11.3 Å². The first-order valence-electron chi connectivity index (χ1n) is 5.28. The molecule has 16 heavy (non-hydrogen) atoms. The lowest BCUT2D eigenvalue weighted by molar-refractivity contribution is 0.576. The van der Waals surface area contributed by atoms with Crippen molar-refractivity contribution >= 4 is 21.4 Å². The lowest BCUT2D eigenvalue weighted by Crippen LogP contribution is -2.26. The lowest BCUT2D eigenvalue weighted by Gasteiger charge is -2.05. The van der Waals surface area contributed by atoms with Crippen molar-refractivity contribution in [3.05, 3.63) is 22.4 Å². The maximum absolute atomic E-state index is 11.6. The summed E-state index contributed by atoms with van der Waals surface area (Å²) in [7, 11) is -1.24. The fourth-order valence-corrected chi connectivity index (χ4v) is 3.10. The molecule has 92 valence electrons. The fourth-order valence-electron chi connectivity index (χ4n) is 1.26. The first kappa shape index (κ1) is 13.6. The first-order chi connectivity index (χ1) is 7.64. The highest BCUT2D eigenvalue weighted by Crippen LogP contribution is 2.08. The number of thiophene rings is 1. The Morgan fingerprint density at radius 2 is 2.19 bits per heavy atom. The van der Waals surface area contributed by atoms with Crippen molar-refractivity contribution in [2.75, 3.05) is 19.3 Å². The maximum Gasteiger partial charge on any atom is 0.211 e. The van der Waals surface area contributed by atoms with Gasteiger partial charge in [-0.2, -0.15) is 0 Å². The van der Waals surface area contributed by atoms with Gasteiger partial charge in [0.2, 0.25) is 10.0 Å². The molecular formula is C10H18N2O2S2. The molecule has 0 aromatic carbocycles. The topological polar surface area (TPSA) is 58.2 Å². The van der Waals surface area contributed by atoms with Crippen LogP contribution in [0.1, 0.15) is 17.7 Å². The lowest BCUT2D eigenvalue weighted by atomic mass is 10.3. The second-order valence-electron chi connectivity index (χ2n) is 3.53. The van der Waals surface area contributed by atoms with E-state index in [2.05, 4.69) is 10.0 Å². The molecule has 0 spiro atoms. The quantitative estimate of drug-likeness (QED) is 0.691. The van der Waals surface area contributed by atoms with Crippen LogP contribution in [-0.4, -0.2) is 27.8 Å². The van der Waals surface area contributed by atoms with E-state index >= 15 is 0 Å². The molecule has 0 aliphatic heterocycles. The van der Waals surface area contributed by atoms with E-state index in [4.69, 9.17) is 0 Å². The van der Waals surface area contributed by atoms with Crippen LogP contribution < -0.4 is 10.0 Å². The van der Waals surface area contributed by atoms with Crippen molar-refractivity contribution < 1.29 is 8.42 Å². The van der Waals surface area contributed by atoms with Crippen molar-refractivity contribution in [2.24, 2.45) is 0 Å². The summed E-state index contributed by atoms with van der Waals surface area (Å²) in [5.41, 5.74) is 0. The zero-order chi connectivity index (χ0) is 11.9. The third-order valence-electron chi connectivity index (χ3n) is 2.14. The van der Waals surface area contributed by atoms with Crippen molar-refractivity contribution in [1.82, 2.24) is 10.0 Å². The third kappa shape index (κ3) is 5.60. The summed E-state index contributed by atoms with van der Waals surface area (Å²) in [5, 5.41) is 4.94. The van der Waals surface area contributed by atoms with Crippen LogP contribution in [0.5, 0.6) is 0 Å². The van der Waals surface area contributed by atoms with Crippen LogP contribution in [0.25, 0.3) is 0 Å². The molecule has 6 heteroatoms. The fraction of sp³-hybridized carbons (Fsp3) is 0.600. The van der Waals surface area contributed by atoms with Gasteiger partial charge in [-0.05, 0) is 37.9 Å². The van der Waals surface area contributed by atoms with Gasteiger partial charge in [0.15, 0.2) is 0 Å². The van der Waals surface area contributed by atoms with Crippen molar-refractivity contribution in [2.45, 2.75) is 19.4 Å². The summed E-state index contributed by atoms with van der Waals surface area (Å²) in [6.07, 6.45) is 1.58. The molecule has 0 saturated heterocycles. The summed E-state index contributed by atoms with van der Waals surface area (Å²) in [6, 6.07) is 3.84. The van der Waals surface area contributed by atoms with Crippen LogP contribution in [0.4, 0.5) is 0 Å². The standard InChI is InChI=1S/C10H18N2O2S2/c1-11-6-2-3-8-16(13,14)12-9-10-5-4-7-15-10/h4-5,7,11-12H,2-3,6,8-9H2,1H3. The van der Waals surface area contributed by atoms with Crippen molar-refractivity contribution in [3.8, 4) is 0 Å². The highest BCUT2D eigenvalue weighted by molar-refractivity contribution is 7.89. The Morgan fingerprint density at radius 3 is 2.81 bits per heavy atom. The minimum atomic E-state index is -3.11. The highest BCUT2D eigenvalue weighted by Gasteiger charge is 2.09. The van der Waals surface area contributed by atoms with Gasteiger partial charge in [0.1, 0.15) is 0 Å². The Kier molecular flexibility index (Phi) is 5.97. The number of sulfonamides is 1. The molecule has 1 aromatic rings. The van der Waals surface area contributed by atoms with Crippen LogP contribution in [0.2, 0.25) is 0 Å². The number of unbranched alkanes of at least 4 members (excludes halogenated alkanes) is 1. The molecule has 1 heterocycles. The van der Waals surface area contributed by atoms with E-state index in [-0.39, 0.29) is 5.75 Å². The van der Waals surface area contributed by atoms with Gasteiger partial charge in [-0.15, -0.1) is 11.3 Å². The number of rotatable bonds is 8. The molecule has 1 aromatic heterocycles. The summed E-state index contributed by atoms with van der Waals surface area (Å²) < 4.78 is 25.7. The van der Waals surface area contributed by atoms with Crippen LogP contribution in [0, 0.1) is 0 Å². The molecule has 1 rings (SSSR count). The number of hydrogen-bond donors (Lipinski definition) is 2. The largest absolute Gasteiger partial charge is 0.320 e. The van der Waals surface area contributed by atoms with Gasteiger partial charge in [-0.1, -0.05) is 6.07 Å². The normalized spacial score (nSPS) is 11.8. The van der Waals surface area contributed by atoms with E-state index < -0.39 is 10.0 Å². The Balaban J connectivity index is 2.23. The van der Waals surface area contributed by atoms with Crippen molar-refractivity contribution in [1.29, 1.82) is 0 Å². The van der Waals surface area contributed by atoms with Gasteiger partial charge in [0, 0.05) is 11.4 Å². The number of nitrogens with one attached hydrogen (secondary N) is 2. The van der Waals surface area contributed by atoms with Gasteiger partial charge in [-0.25, -0.2) is 13.1 Å². The third-order valence-corrected chi connectivity index (χ3v) is 4.42. The SMILES string of the molecule is CNCCCCS(=O)(=O)NCc1cccs1. The predicted octanol–water partition coefficient (Wildman–Crippen LogP) is 1.17. The highest BCUT2D eigenvalue weighted by atomic mass is 32.2. The van der Waals surface area contributed by atoms with Gasteiger partial charge in [-0.3, -0.25) is 0 Å². The predicted molar refractivity (Wildman–Crippen MR) is 68.1 cm³/mol. The van der Waals surface area contributed by atoms with Gasteiger partial charge >= 0.3 is 0 Å². The Labute approximate surface area is 101 Å². The monoisotopic (exact) mass is 262 g/mol. The molecule has 0 aliphatic rings. The first-order valence-corrected chi connectivity index (χ1v) is 7.81. The summed E-state index contributed by atoms with van der Waals surface area (Å²) in [6.45, 7) is 1.27. The number of hydrogen-bond acceptors (Lipinski definition) is 4. The molecule has 0 amide bonds. The van der Waals surface area contributed by atoms with Gasteiger partial charge in [0.25, 0.3) is 0 Å². The van der Waals surface area contributed by atoms with Crippen LogP contribution in [0.3, 0.4) is 0 Å². The summed E-state index contributed by atoms with van der Waals surface area (Å²) >= 11 is 1.56. The molecule has 0 bridgehead atoms. The van der Waals surface area contributed by atoms with Gasteiger partial charge in [0.05, 0.1) is 5.75 Å². The molecular weight excluding hydrogens is 244 g/mol. The molecule has 0 radical (unpaired) electrons. The second-order valence-corrected chi connectivity index (χ2v) is 6.49. The van der Waals surface area contributed by atoms with Crippen LogP contribution in [0.15, 0.2) is 17.5 Å². The molecule has 2 N–H and O–H groups in total. The second kappa shape index (κ2) is 7.01. The van der Waals surface area contributed by atoms with E-state index in [1.165, 1.54) is 0 Å².